The first-order valence-electron chi connectivity index (χ1n) is 16.7. The molecule has 0 aromatic heterocycles. The number of carbonyl (C=O) groups excluding carboxylic acids is 1. The van der Waals surface area contributed by atoms with Crippen LogP contribution in [0.25, 0.3) is 0 Å². The third-order valence-electron chi connectivity index (χ3n) is 7.39. The monoisotopic (exact) mass is 627 g/mol. The van der Waals surface area contributed by atoms with E-state index in [2.05, 4.69) is 13.8 Å². The normalized spacial score (nSPS) is 14.5. The summed E-state index contributed by atoms with van der Waals surface area (Å²) in [6.45, 7) is 8.61. The van der Waals surface area contributed by atoms with E-state index in [4.69, 9.17) is 19.2 Å². The van der Waals surface area contributed by atoms with Gasteiger partial charge in [0.1, 0.15) is 12.7 Å². The molecule has 1 aromatic rings. The van der Waals surface area contributed by atoms with Crippen molar-refractivity contribution in [2.45, 2.75) is 160 Å². The molecule has 42 heavy (non-hydrogen) atoms. The number of carbonyl (C=O) groups is 1. The minimum atomic E-state index is -2.09. The lowest BCUT2D eigenvalue weighted by Gasteiger charge is -2.25. The topological polar surface area (TPSA) is 71.1 Å². The van der Waals surface area contributed by atoms with Crippen molar-refractivity contribution in [2.75, 3.05) is 12.4 Å². The molecule has 0 aliphatic rings. The fourth-order valence-corrected chi connectivity index (χ4v) is 6.42. The third kappa shape index (κ3) is 18.0. The lowest BCUT2D eigenvalue weighted by atomic mass is 10.1. The maximum atomic E-state index is 13.1. The number of hydrogen-bond acceptors (Lipinski definition) is 7. The van der Waals surface area contributed by atoms with E-state index in [1.165, 1.54) is 89.9 Å². The summed E-state index contributed by atoms with van der Waals surface area (Å²) >= 11 is 1.92. The molecular formula is C34H60O6PS+. The van der Waals surface area contributed by atoms with E-state index in [0.717, 1.165) is 24.2 Å². The highest BCUT2D eigenvalue weighted by molar-refractivity contribution is 7.99. The van der Waals surface area contributed by atoms with Crippen LogP contribution >= 0.6 is 20.2 Å². The van der Waals surface area contributed by atoms with Crippen LogP contribution in [0.15, 0.2) is 30.3 Å². The van der Waals surface area contributed by atoms with Gasteiger partial charge in [0.25, 0.3) is 0 Å². The summed E-state index contributed by atoms with van der Waals surface area (Å²) in [5.74, 6) is 0.235. The van der Waals surface area contributed by atoms with Gasteiger partial charge in [-0.15, -0.1) is 4.89 Å². The van der Waals surface area contributed by atoms with Gasteiger partial charge in [0.05, 0.1) is 6.61 Å². The van der Waals surface area contributed by atoms with Gasteiger partial charge >= 0.3 is 20.0 Å². The Morgan fingerprint density at radius 3 is 1.95 bits per heavy atom. The zero-order valence-corrected chi connectivity index (χ0v) is 28.9. The number of rotatable bonds is 29. The van der Waals surface area contributed by atoms with Gasteiger partial charge in [0.2, 0.25) is 0 Å². The molecule has 0 saturated heterocycles. The molecule has 0 amide bonds. The molecule has 1 rings (SSSR count). The van der Waals surface area contributed by atoms with Crippen molar-refractivity contribution in [2.24, 2.45) is 0 Å². The lowest BCUT2D eigenvalue weighted by molar-refractivity contribution is -0.403. The Balaban J connectivity index is 2.63. The summed E-state index contributed by atoms with van der Waals surface area (Å²) in [5, 5.41) is 0.212. The quantitative estimate of drug-likeness (QED) is 0.0218. The Morgan fingerprint density at radius 2 is 1.38 bits per heavy atom. The summed E-state index contributed by atoms with van der Waals surface area (Å²) in [6, 6.07) is 9.36. The average Bonchev–Trinajstić information content (AvgIpc) is 3.02. The molecule has 0 N–H and O–H groups in total. The zero-order valence-electron chi connectivity index (χ0n) is 27.0. The third-order valence-corrected chi connectivity index (χ3v) is 9.66. The van der Waals surface area contributed by atoms with Crippen molar-refractivity contribution >= 4 is 26.2 Å². The van der Waals surface area contributed by atoms with E-state index in [1.54, 1.807) is 0 Å². The molecule has 0 bridgehead atoms. The first-order valence-corrected chi connectivity index (χ1v) is 18.7. The second kappa shape index (κ2) is 26.4. The Hall–Kier alpha value is -0.980. The summed E-state index contributed by atoms with van der Waals surface area (Å²) in [4.78, 5) is 24.5. The van der Waals surface area contributed by atoms with Crippen molar-refractivity contribution in [3.05, 3.63) is 35.9 Å². The number of hydrogen-bond donors (Lipinski definition) is 0. The van der Waals surface area contributed by atoms with Gasteiger partial charge in [-0.2, -0.15) is 11.8 Å². The molecule has 0 spiro atoms. The highest BCUT2D eigenvalue weighted by Gasteiger charge is 2.55. The second-order valence-corrected chi connectivity index (χ2v) is 13.5. The maximum absolute atomic E-state index is 13.1. The first kappa shape index (κ1) is 39.0. The van der Waals surface area contributed by atoms with Crippen molar-refractivity contribution in [1.82, 2.24) is 0 Å². The molecule has 4 atom stereocenters. The molecule has 0 radical (unpaired) electrons. The Morgan fingerprint density at radius 1 is 0.810 bits per heavy atom. The van der Waals surface area contributed by atoms with Gasteiger partial charge in [-0.3, -0.25) is 4.74 Å². The number of benzene rings is 1. The lowest BCUT2D eigenvalue weighted by Crippen LogP contribution is -2.42. The van der Waals surface area contributed by atoms with Crippen LogP contribution in [0.4, 0.5) is 0 Å². The van der Waals surface area contributed by atoms with Crippen molar-refractivity contribution in [3.8, 4) is 0 Å². The maximum Gasteiger partial charge on any atom is 0.497 e. The molecular weight excluding hydrogens is 567 g/mol. The van der Waals surface area contributed by atoms with E-state index in [-0.39, 0.29) is 24.6 Å². The van der Waals surface area contributed by atoms with E-state index in [1.807, 2.05) is 55.9 Å². The van der Waals surface area contributed by atoms with Crippen molar-refractivity contribution < 1.29 is 28.6 Å². The van der Waals surface area contributed by atoms with Gasteiger partial charge in [-0.25, -0.2) is 9.68 Å². The van der Waals surface area contributed by atoms with E-state index in [9.17, 15) is 9.36 Å². The molecule has 0 heterocycles. The largest absolute Gasteiger partial charge is 0.497 e. The molecule has 0 fully saturated rings. The molecule has 242 valence electrons. The van der Waals surface area contributed by atoms with Gasteiger partial charge in [-0.1, -0.05) is 146 Å². The van der Waals surface area contributed by atoms with Crippen LogP contribution in [0.1, 0.15) is 142 Å². The molecule has 0 aliphatic heterocycles. The van der Waals surface area contributed by atoms with Gasteiger partial charge < -0.3 is 4.74 Å². The van der Waals surface area contributed by atoms with Gasteiger partial charge in [-0.05, 0) is 37.5 Å². The molecule has 8 heteroatoms. The van der Waals surface area contributed by atoms with Crippen LogP contribution in [0.5, 0.6) is 0 Å². The summed E-state index contributed by atoms with van der Waals surface area (Å²) < 4.78 is 23.5. The van der Waals surface area contributed by atoms with Crippen LogP contribution in [-0.4, -0.2) is 35.2 Å². The predicted molar refractivity (Wildman–Crippen MR) is 177 cm³/mol. The van der Waals surface area contributed by atoms with Gasteiger partial charge in [0, 0.05) is 5.25 Å². The summed E-state index contributed by atoms with van der Waals surface area (Å²) in [5.41, 5.74) is -1.27. The minimum absolute atomic E-state index is 0.0371. The van der Waals surface area contributed by atoms with E-state index < -0.39 is 20.0 Å². The number of unbranched alkanes of at least 4 members (excludes halogenated alkanes) is 13. The average molecular weight is 628 g/mol. The van der Waals surface area contributed by atoms with Gasteiger partial charge in [0.15, 0.2) is 0 Å². The predicted octanol–water partition coefficient (Wildman–Crippen LogP) is 10.6. The number of ether oxygens (including phenoxy) is 2. The van der Waals surface area contributed by atoms with Crippen LogP contribution < -0.4 is 0 Å². The van der Waals surface area contributed by atoms with Crippen LogP contribution in [0, 0.1) is 0 Å². The number of thioether (sulfide) groups is 1. The van der Waals surface area contributed by atoms with Crippen molar-refractivity contribution in [3.63, 3.8) is 0 Å². The standard InChI is InChI=1S/C34H59O6PS/c1-5-8-10-12-13-14-15-16-18-23-28-42-32(26-22-17-11-9-6-2)30(4)39-40-34(41-36,38-27-7-3)33(35)37-29-31-24-20-19-21-25-31/h19-21,24-25,30,32H,5-18,22-23,26-29H2,1-4H3/p+1. The summed E-state index contributed by atoms with van der Waals surface area (Å²) in [7, 11) is -1.23. The summed E-state index contributed by atoms with van der Waals surface area (Å²) in [6.07, 6.45) is 20.7. The Bertz CT molecular complexity index is 783. The fourth-order valence-electron chi connectivity index (χ4n) is 4.70. The van der Waals surface area contributed by atoms with E-state index in [0.29, 0.717) is 6.42 Å². The van der Waals surface area contributed by atoms with Crippen molar-refractivity contribution in [1.29, 1.82) is 0 Å². The highest BCUT2D eigenvalue weighted by atomic mass is 32.2. The smallest absolute Gasteiger partial charge is 0.453 e. The SMILES string of the molecule is CCCCCCCCCCCCSC(CCCCCCC)C(C)OOC(OCCC)([PH+]=O)C(=O)OCc1ccccc1. The zero-order chi connectivity index (χ0) is 30.7. The minimum Gasteiger partial charge on any atom is -0.453 e. The second-order valence-electron chi connectivity index (χ2n) is 11.3. The number of esters is 1. The van der Waals surface area contributed by atoms with Crippen LogP contribution in [0.3, 0.4) is 0 Å². The Labute approximate surface area is 262 Å². The Kier molecular flexibility index (Phi) is 24.6. The molecule has 0 saturated carbocycles. The first-order chi connectivity index (χ1) is 20.5. The fraction of sp³-hybridized carbons (Fsp3) is 0.794. The molecule has 6 nitrogen and oxygen atoms in total. The molecule has 1 aromatic carbocycles. The highest BCUT2D eigenvalue weighted by Crippen LogP contribution is 2.32. The van der Waals surface area contributed by atoms with E-state index >= 15 is 0 Å². The van der Waals surface area contributed by atoms with Crippen LogP contribution in [-0.2, 0) is 35.2 Å². The molecule has 4 unspecified atom stereocenters. The molecule has 0 aliphatic carbocycles. The van der Waals surface area contributed by atoms with Crippen LogP contribution in [0.2, 0.25) is 0 Å².